The van der Waals surface area contributed by atoms with Gasteiger partial charge in [-0.2, -0.15) is 0 Å². The van der Waals surface area contributed by atoms with Gasteiger partial charge in [0.1, 0.15) is 17.2 Å². The summed E-state index contributed by atoms with van der Waals surface area (Å²) in [4.78, 5) is 12.5. The molecule has 0 N–H and O–H groups in total. The molecule has 3 aromatic rings. The second-order valence-electron chi connectivity index (χ2n) is 7.05. The van der Waals surface area contributed by atoms with E-state index in [1.165, 1.54) is 13.2 Å². The van der Waals surface area contributed by atoms with Gasteiger partial charge >= 0.3 is 5.97 Å². The summed E-state index contributed by atoms with van der Waals surface area (Å²) in [6, 6.07) is 20.0. The summed E-state index contributed by atoms with van der Waals surface area (Å²) in [5.74, 6) is 2.01. The van der Waals surface area contributed by atoms with E-state index in [0.29, 0.717) is 32.8 Å². The first kappa shape index (κ1) is 22.4. The molecule has 6 nitrogen and oxygen atoms in total. The highest BCUT2D eigenvalue weighted by molar-refractivity contribution is 7.95. The minimum Gasteiger partial charge on any atom is -0.497 e. The number of hydrogen-bond donors (Lipinski definition) is 0. The molecule has 1 atom stereocenters. The molecule has 1 unspecified atom stereocenters. The third-order valence-electron chi connectivity index (χ3n) is 5.09. The molecule has 1 aliphatic rings. The lowest BCUT2D eigenvalue weighted by molar-refractivity contribution is -0.134. The normalized spacial score (nSPS) is 14.8. The summed E-state index contributed by atoms with van der Waals surface area (Å²) in [6.45, 7) is 0. The minimum absolute atomic E-state index is 0.426. The summed E-state index contributed by atoms with van der Waals surface area (Å²) >= 11 is 0. The largest absolute Gasteiger partial charge is 0.497 e. The third-order valence-corrected chi connectivity index (χ3v) is 6.62. The van der Waals surface area contributed by atoms with Gasteiger partial charge in [0.25, 0.3) is 0 Å². The zero-order valence-corrected chi connectivity index (χ0v) is 19.2. The molecular weight excluding hydrogens is 440 g/mol. The number of fused-ring (bicyclic) bond motifs is 1. The molecule has 0 amide bonds. The van der Waals surface area contributed by atoms with E-state index in [1.54, 1.807) is 38.5 Å². The van der Waals surface area contributed by atoms with E-state index in [0.717, 1.165) is 16.7 Å². The van der Waals surface area contributed by atoms with Crippen LogP contribution in [0.4, 0.5) is 0 Å². The Morgan fingerprint density at radius 2 is 1.45 bits per heavy atom. The Hall–Kier alpha value is -3.84. The molecule has 0 saturated heterocycles. The van der Waals surface area contributed by atoms with Gasteiger partial charge in [-0.3, -0.25) is 0 Å². The number of hydrogen-bond acceptors (Lipinski definition) is 6. The quantitative estimate of drug-likeness (QED) is 0.367. The highest BCUT2D eigenvalue weighted by Gasteiger charge is 2.32. The minimum atomic E-state index is -1.45. The van der Waals surface area contributed by atoms with Crippen LogP contribution in [0.15, 0.2) is 77.7 Å². The van der Waals surface area contributed by atoms with Crippen molar-refractivity contribution in [1.82, 2.24) is 0 Å². The smallest absolute Gasteiger partial charge is 0.330 e. The van der Waals surface area contributed by atoms with Crippen molar-refractivity contribution < 1.29 is 28.0 Å². The second kappa shape index (κ2) is 9.75. The number of methoxy groups -OCH3 is 3. The van der Waals surface area contributed by atoms with E-state index in [4.69, 9.17) is 14.2 Å². The first-order valence-electron chi connectivity index (χ1n) is 10.1. The Morgan fingerprint density at radius 1 is 0.818 bits per heavy atom. The lowest BCUT2D eigenvalue weighted by atomic mass is 10.1. The molecule has 1 heterocycles. The Balaban J connectivity index is 1.72. The van der Waals surface area contributed by atoms with Crippen LogP contribution in [0.25, 0.3) is 16.7 Å². The predicted molar refractivity (Wildman–Crippen MR) is 127 cm³/mol. The maximum Gasteiger partial charge on any atom is 0.330 e. The standard InChI is InChI=1S/C26H22O6S/c1-29-19-11-7-18(8-12-19)26-25(22-14-13-21(30-2)16-23(22)33(26)28)32-20-9-4-17(5-10-20)6-15-24(27)31-3/h4-16H,1-3H3/b15-6+. The van der Waals surface area contributed by atoms with Crippen molar-refractivity contribution in [3.05, 3.63) is 89.5 Å². The van der Waals surface area contributed by atoms with Crippen LogP contribution < -0.4 is 14.2 Å². The lowest BCUT2D eigenvalue weighted by Crippen LogP contribution is -1.97. The fourth-order valence-electron chi connectivity index (χ4n) is 3.37. The molecular formula is C26H22O6S. The molecule has 0 saturated carbocycles. The van der Waals surface area contributed by atoms with Crippen LogP contribution in [-0.4, -0.2) is 31.5 Å². The molecule has 0 bridgehead atoms. The Bertz CT molecular complexity index is 1260. The van der Waals surface area contributed by atoms with Crippen LogP contribution in [0.1, 0.15) is 16.7 Å². The molecule has 33 heavy (non-hydrogen) atoms. The van der Waals surface area contributed by atoms with E-state index in [-0.39, 0.29) is 0 Å². The molecule has 3 aromatic carbocycles. The Kier molecular flexibility index (Phi) is 6.60. The first-order valence-corrected chi connectivity index (χ1v) is 11.2. The van der Waals surface area contributed by atoms with Crippen molar-refractivity contribution in [3.8, 4) is 17.2 Å². The topological polar surface area (TPSA) is 71.1 Å². The van der Waals surface area contributed by atoms with Gasteiger partial charge in [0.05, 0.1) is 41.9 Å². The molecule has 168 valence electrons. The first-order chi connectivity index (χ1) is 16.0. The number of carbonyl (C=O) groups excluding carboxylic acids is 1. The van der Waals surface area contributed by atoms with Gasteiger partial charge in [-0.25, -0.2) is 9.00 Å². The average molecular weight is 463 g/mol. The number of rotatable bonds is 7. The van der Waals surface area contributed by atoms with Crippen LogP contribution in [-0.2, 0) is 20.3 Å². The SMILES string of the molecule is COC(=O)/C=C/c1ccc(OC2=C(c3ccc(OC)cc3)S(=O)c3cc(OC)ccc32)cc1. The summed E-state index contributed by atoms with van der Waals surface area (Å²) in [6.07, 6.45) is 3.01. The molecule has 4 rings (SSSR count). The zero-order valence-electron chi connectivity index (χ0n) is 18.4. The van der Waals surface area contributed by atoms with Crippen molar-refractivity contribution in [2.75, 3.05) is 21.3 Å². The van der Waals surface area contributed by atoms with Crippen LogP contribution in [0.5, 0.6) is 17.2 Å². The highest BCUT2D eigenvalue weighted by atomic mass is 32.2. The van der Waals surface area contributed by atoms with Gasteiger partial charge in [0.15, 0.2) is 5.76 Å². The third kappa shape index (κ3) is 4.68. The monoisotopic (exact) mass is 462 g/mol. The zero-order chi connectivity index (χ0) is 23.4. The number of ether oxygens (including phenoxy) is 4. The molecule has 0 radical (unpaired) electrons. The maximum atomic E-state index is 13.5. The second-order valence-corrected chi connectivity index (χ2v) is 8.43. The van der Waals surface area contributed by atoms with E-state index in [2.05, 4.69) is 4.74 Å². The number of carbonyl (C=O) groups is 1. The average Bonchev–Trinajstić information content (AvgIpc) is 3.13. The fourth-order valence-corrected chi connectivity index (χ4v) is 4.84. The van der Waals surface area contributed by atoms with Gasteiger partial charge in [0.2, 0.25) is 0 Å². The number of benzene rings is 3. The van der Waals surface area contributed by atoms with Gasteiger partial charge in [0, 0.05) is 11.6 Å². The molecule has 0 fully saturated rings. The lowest BCUT2D eigenvalue weighted by Gasteiger charge is -2.11. The van der Waals surface area contributed by atoms with E-state index in [9.17, 15) is 9.00 Å². The Morgan fingerprint density at radius 3 is 2.09 bits per heavy atom. The van der Waals surface area contributed by atoms with Crippen molar-refractivity contribution in [2.24, 2.45) is 0 Å². The summed E-state index contributed by atoms with van der Waals surface area (Å²) in [5.41, 5.74) is 2.34. The van der Waals surface area contributed by atoms with Crippen molar-refractivity contribution in [2.45, 2.75) is 4.90 Å². The Labute approximate surface area is 194 Å². The van der Waals surface area contributed by atoms with Gasteiger partial charge in [-0.05, 0) is 71.8 Å². The predicted octanol–water partition coefficient (Wildman–Crippen LogP) is 4.92. The van der Waals surface area contributed by atoms with Gasteiger partial charge < -0.3 is 18.9 Å². The van der Waals surface area contributed by atoms with Crippen molar-refractivity contribution in [1.29, 1.82) is 0 Å². The van der Waals surface area contributed by atoms with Crippen LogP contribution >= 0.6 is 0 Å². The summed E-state index contributed by atoms with van der Waals surface area (Å²) in [5, 5.41) is 0. The van der Waals surface area contributed by atoms with E-state index < -0.39 is 16.8 Å². The molecule has 7 heteroatoms. The van der Waals surface area contributed by atoms with Crippen LogP contribution in [0.3, 0.4) is 0 Å². The van der Waals surface area contributed by atoms with E-state index in [1.807, 2.05) is 48.5 Å². The van der Waals surface area contributed by atoms with Crippen LogP contribution in [0.2, 0.25) is 0 Å². The molecule has 0 aromatic heterocycles. The number of esters is 1. The highest BCUT2D eigenvalue weighted by Crippen LogP contribution is 2.44. The summed E-state index contributed by atoms with van der Waals surface area (Å²) in [7, 11) is 3.05. The summed E-state index contributed by atoms with van der Waals surface area (Å²) < 4.78 is 34.9. The van der Waals surface area contributed by atoms with E-state index >= 15 is 0 Å². The van der Waals surface area contributed by atoms with Gasteiger partial charge in [-0.15, -0.1) is 0 Å². The van der Waals surface area contributed by atoms with Crippen molar-refractivity contribution in [3.63, 3.8) is 0 Å². The molecule has 1 aliphatic heterocycles. The molecule has 0 aliphatic carbocycles. The van der Waals surface area contributed by atoms with Crippen molar-refractivity contribution >= 4 is 33.5 Å². The van der Waals surface area contributed by atoms with Crippen LogP contribution in [0, 0.1) is 0 Å². The maximum absolute atomic E-state index is 13.5. The van der Waals surface area contributed by atoms with Gasteiger partial charge in [-0.1, -0.05) is 12.1 Å². The fraction of sp³-hybridized carbons (Fsp3) is 0.115. The molecule has 0 spiro atoms.